The van der Waals surface area contributed by atoms with E-state index in [1.807, 2.05) is 6.92 Å². The molecule has 0 aliphatic rings. The number of carbonyl (C=O) groups is 1. The smallest absolute Gasteiger partial charge is 0.339 e. The van der Waals surface area contributed by atoms with Gasteiger partial charge in [0.05, 0.1) is 5.56 Å². The summed E-state index contributed by atoms with van der Waals surface area (Å²) in [5.74, 6) is -6.60. The first-order valence-electron chi connectivity index (χ1n) is 9.55. The topological polar surface area (TPSA) is 83.1 Å². The molecular weight excluding hydrogens is 501 g/mol. The Morgan fingerprint density at radius 2 is 1.58 bits per heavy atom. The van der Waals surface area contributed by atoms with Crippen LogP contribution in [-0.2, 0) is 4.74 Å². The number of ether oxygens (including phenoxy) is 2. The molecule has 0 bridgehead atoms. The van der Waals surface area contributed by atoms with Crippen molar-refractivity contribution in [1.29, 1.82) is 10.5 Å². The number of nitrogens with zero attached hydrogens (tertiary/aromatic N) is 2. The molecule has 0 amide bonds. The van der Waals surface area contributed by atoms with Crippen molar-refractivity contribution in [3.63, 3.8) is 0 Å². The van der Waals surface area contributed by atoms with Crippen LogP contribution in [0, 0.1) is 40.1 Å². The molecular formula is C24H14BrF3N2O3. The average Bonchev–Trinajstić information content (AvgIpc) is 2.84. The van der Waals surface area contributed by atoms with Crippen LogP contribution in [0.15, 0.2) is 48.5 Å². The van der Waals surface area contributed by atoms with Crippen molar-refractivity contribution < 1.29 is 27.4 Å². The van der Waals surface area contributed by atoms with E-state index in [2.05, 4.69) is 15.9 Å². The molecule has 33 heavy (non-hydrogen) atoms. The molecule has 0 saturated carbocycles. The highest BCUT2D eigenvalue weighted by atomic mass is 79.9. The van der Waals surface area contributed by atoms with Crippen molar-refractivity contribution in [2.24, 2.45) is 0 Å². The Morgan fingerprint density at radius 1 is 0.970 bits per heavy atom. The average molecular weight is 515 g/mol. The van der Waals surface area contributed by atoms with Crippen molar-refractivity contribution in [1.82, 2.24) is 0 Å². The zero-order valence-electron chi connectivity index (χ0n) is 17.0. The normalized spacial score (nSPS) is 11.2. The number of carbonyl (C=O) groups excluding carboxylic acids is 1. The van der Waals surface area contributed by atoms with Gasteiger partial charge in [-0.3, -0.25) is 0 Å². The molecule has 5 nitrogen and oxygen atoms in total. The van der Waals surface area contributed by atoms with Crippen molar-refractivity contribution in [3.8, 4) is 34.8 Å². The molecule has 0 fully saturated rings. The molecule has 1 atom stereocenters. The predicted octanol–water partition coefficient (Wildman–Crippen LogP) is 6.59. The van der Waals surface area contributed by atoms with Crippen LogP contribution >= 0.6 is 15.9 Å². The second-order valence-electron chi connectivity index (χ2n) is 6.64. The van der Waals surface area contributed by atoms with E-state index in [0.29, 0.717) is 23.1 Å². The number of hydrogen-bond acceptors (Lipinski definition) is 5. The molecule has 0 N–H and O–H groups in total. The maximum atomic E-state index is 14.5. The molecule has 9 heteroatoms. The zero-order valence-corrected chi connectivity index (χ0v) is 18.6. The molecule has 3 aromatic carbocycles. The molecule has 1 unspecified atom stereocenters. The number of halogens is 4. The molecule has 0 aliphatic carbocycles. The first-order valence-corrected chi connectivity index (χ1v) is 10.5. The van der Waals surface area contributed by atoms with E-state index in [1.165, 1.54) is 36.4 Å². The first-order chi connectivity index (χ1) is 15.8. The first kappa shape index (κ1) is 23.8. The largest absolute Gasteiger partial charge is 0.451 e. The lowest BCUT2D eigenvalue weighted by Crippen LogP contribution is -2.12. The van der Waals surface area contributed by atoms with Crippen LogP contribution in [0.25, 0.3) is 11.1 Å². The minimum atomic E-state index is -1.72. The standard InChI is InChI=1S/C24H14BrF3N2O3/c1-2-19(25)33-24(31)16-6-4-3-5-15(16)13-7-9-14(10-8-13)32-23-21(27)18(12-30)17(11-29)20(26)22(23)28/h3-10,19H,2H2,1H3. The van der Waals surface area contributed by atoms with Crippen LogP contribution in [0.3, 0.4) is 0 Å². The number of esters is 1. The van der Waals surface area contributed by atoms with Gasteiger partial charge in [0, 0.05) is 0 Å². The summed E-state index contributed by atoms with van der Waals surface area (Å²) in [6.45, 7) is 1.85. The SMILES string of the molecule is CCC(Br)OC(=O)c1ccccc1-c1ccc(Oc2c(F)c(F)c(C#N)c(C#N)c2F)cc1. The third-order valence-corrected chi connectivity index (χ3v) is 5.43. The van der Waals surface area contributed by atoms with Gasteiger partial charge in [-0.05, 0) is 51.7 Å². The highest BCUT2D eigenvalue weighted by Crippen LogP contribution is 2.35. The van der Waals surface area contributed by atoms with Gasteiger partial charge in [0.1, 0.15) is 29.0 Å². The van der Waals surface area contributed by atoms with Gasteiger partial charge in [-0.1, -0.05) is 37.3 Å². The summed E-state index contributed by atoms with van der Waals surface area (Å²) in [5.41, 5.74) is -0.533. The van der Waals surface area contributed by atoms with Gasteiger partial charge in [0.2, 0.25) is 11.6 Å². The van der Waals surface area contributed by atoms with Crippen LogP contribution < -0.4 is 4.74 Å². The minimum absolute atomic E-state index is 0.0592. The van der Waals surface area contributed by atoms with E-state index >= 15 is 0 Å². The van der Waals surface area contributed by atoms with Crippen LogP contribution in [-0.4, -0.2) is 11.0 Å². The molecule has 3 aromatic rings. The molecule has 0 aliphatic heterocycles. The van der Waals surface area contributed by atoms with E-state index < -0.39 is 45.3 Å². The Hall–Kier alpha value is -3.82. The number of rotatable bonds is 6. The van der Waals surface area contributed by atoms with Gasteiger partial charge in [0.25, 0.3) is 0 Å². The Balaban J connectivity index is 1.94. The molecule has 0 heterocycles. The number of alkyl halides is 1. The summed E-state index contributed by atoms with van der Waals surface area (Å²) >= 11 is 3.25. The Morgan fingerprint density at radius 3 is 2.18 bits per heavy atom. The lowest BCUT2D eigenvalue weighted by Gasteiger charge is -2.13. The van der Waals surface area contributed by atoms with Crippen LogP contribution in [0.1, 0.15) is 34.8 Å². The number of benzene rings is 3. The Labute approximate surface area is 195 Å². The molecule has 0 saturated heterocycles. The maximum Gasteiger partial charge on any atom is 0.339 e. The minimum Gasteiger partial charge on any atom is -0.451 e. The monoisotopic (exact) mass is 514 g/mol. The van der Waals surface area contributed by atoms with Crippen LogP contribution in [0.5, 0.6) is 11.5 Å². The lowest BCUT2D eigenvalue weighted by molar-refractivity contribution is 0.0465. The van der Waals surface area contributed by atoms with E-state index in [9.17, 15) is 18.0 Å². The molecule has 166 valence electrons. The highest BCUT2D eigenvalue weighted by Gasteiger charge is 2.27. The summed E-state index contributed by atoms with van der Waals surface area (Å²) in [6.07, 6.45) is 0.580. The van der Waals surface area contributed by atoms with Gasteiger partial charge < -0.3 is 9.47 Å². The summed E-state index contributed by atoms with van der Waals surface area (Å²) in [7, 11) is 0. The molecule has 0 spiro atoms. The lowest BCUT2D eigenvalue weighted by atomic mass is 9.99. The Kier molecular flexibility index (Phi) is 7.37. The summed E-state index contributed by atoms with van der Waals surface area (Å²) in [6, 6.07) is 15.1. The Bertz CT molecular complexity index is 1300. The number of nitriles is 2. The van der Waals surface area contributed by atoms with Crippen molar-refractivity contribution in [2.75, 3.05) is 0 Å². The van der Waals surface area contributed by atoms with Crippen molar-refractivity contribution in [3.05, 3.63) is 82.7 Å². The van der Waals surface area contributed by atoms with E-state index in [4.69, 9.17) is 20.0 Å². The van der Waals surface area contributed by atoms with Gasteiger partial charge >= 0.3 is 5.97 Å². The van der Waals surface area contributed by atoms with Gasteiger partial charge in [-0.2, -0.15) is 14.9 Å². The van der Waals surface area contributed by atoms with Crippen LogP contribution in [0.4, 0.5) is 13.2 Å². The third-order valence-electron chi connectivity index (χ3n) is 4.59. The van der Waals surface area contributed by atoms with E-state index in [1.54, 1.807) is 24.3 Å². The zero-order chi connectivity index (χ0) is 24.1. The predicted molar refractivity (Wildman–Crippen MR) is 116 cm³/mol. The van der Waals surface area contributed by atoms with Gasteiger partial charge in [-0.15, -0.1) is 0 Å². The second-order valence-corrected chi connectivity index (χ2v) is 7.66. The van der Waals surface area contributed by atoms with Gasteiger partial charge in [-0.25, -0.2) is 13.6 Å². The quantitative estimate of drug-likeness (QED) is 0.210. The van der Waals surface area contributed by atoms with E-state index in [0.717, 1.165) is 0 Å². The summed E-state index contributed by atoms with van der Waals surface area (Å²) in [5, 5.41) is 17.4. The second kappa shape index (κ2) is 10.2. The van der Waals surface area contributed by atoms with Gasteiger partial charge in [0.15, 0.2) is 16.6 Å². The fraction of sp³-hybridized carbons (Fsp3) is 0.125. The number of hydrogen-bond donors (Lipinski definition) is 0. The third kappa shape index (κ3) is 4.84. The fourth-order valence-corrected chi connectivity index (χ4v) is 3.10. The molecule has 3 rings (SSSR count). The van der Waals surface area contributed by atoms with Crippen LogP contribution in [0.2, 0.25) is 0 Å². The highest BCUT2D eigenvalue weighted by molar-refractivity contribution is 9.09. The van der Waals surface area contributed by atoms with Crippen molar-refractivity contribution >= 4 is 21.9 Å². The molecule has 0 radical (unpaired) electrons. The summed E-state index contributed by atoms with van der Waals surface area (Å²) in [4.78, 5) is 12.5. The van der Waals surface area contributed by atoms with E-state index in [-0.39, 0.29) is 5.75 Å². The van der Waals surface area contributed by atoms with Crippen molar-refractivity contribution in [2.45, 2.75) is 18.4 Å². The maximum absolute atomic E-state index is 14.5. The summed E-state index contributed by atoms with van der Waals surface area (Å²) < 4.78 is 53.3. The molecule has 0 aromatic heterocycles. The fourth-order valence-electron chi connectivity index (χ4n) is 2.93.